The minimum absolute atomic E-state index is 0.244. The molecule has 2 aromatic rings. The molecule has 0 radical (unpaired) electrons. The maximum atomic E-state index is 12.5. The third kappa shape index (κ3) is 2.56. The summed E-state index contributed by atoms with van der Waals surface area (Å²) < 4.78 is 5.25. The Labute approximate surface area is 122 Å². The minimum atomic E-state index is -0.244. The molecule has 2 aromatic carbocycles. The normalized spacial score (nSPS) is 10.2. The maximum Gasteiger partial charge on any atom is 0.259 e. The number of benzene rings is 2. The lowest BCUT2D eigenvalue weighted by Gasteiger charge is -2.20. The van der Waals surface area contributed by atoms with Gasteiger partial charge in [0.2, 0.25) is 0 Å². The summed E-state index contributed by atoms with van der Waals surface area (Å²) in [7, 11) is 3.23. The van der Waals surface area contributed by atoms with E-state index in [1.54, 1.807) is 44.5 Å². The van der Waals surface area contributed by atoms with Crippen LogP contribution in [0.4, 0.5) is 11.4 Å². The van der Waals surface area contributed by atoms with E-state index in [-0.39, 0.29) is 10.9 Å². The molecule has 0 saturated carbocycles. The van der Waals surface area contributed by atoms with Gasteiger partial charge in [-0.15, -0.1) is 0 Å². The first-order valence-corrected chi connectivity index (χ1v) is 6.39. The number of rotatable bonds is 3. The van der Waals surface area contributed by atoms with Crippen LogP contribution < -0.4 is 15.4 Å². The van der Waals surface area contributed by atoms with E-state index in [9.17, 15) is 4.79 Å². The highest BCUT2D eigenvalue weighted by atomic mass is 35.5. The molecule has 1 amide bonds. The van der Waals surface area contributed by atoms with Crippen LogP contribution in [0, 0.1) is 0 Å². The van der Waals surface area contributed by atoms with Crippen molar-refractivity contribution in [3.63, 3.8) is 0 Å². The maximum absolute atomic E-state index is 12.5. The molecule has 0 unspecified atom stereocenters. The van der Waals surface area contributed by atoms with Crippen molar-refractivity contribution in [1.82, 2.24) is 0 Å². The SMILES string of the molecule is COc1ccccc1N(C)C(=O)c1cccc(N)c1Cl. The van der Waals surface area contributed by atoms with E-state index in [1.807, 2.05) is 12.1 Å². The van der Waals surface area contributed by atoms with Gasteiger partial charge in [-0.1, -0.05) is 29.8 Å². The van der Waals surface area contributed by atoms with E-state index < -0.39 is 0 Å². The second-order valence-corrected chi connectivity index (χ2v) is 4.62. The third-order valence-corrected chi connectivity index (χ3v) is 3.43. The highest BCUT2D eigenvalue weighted by Crippen LogP contribution is 2.30. The predicted octanol–water partition coefficient (Wildman–Crippen LogP) is 3.21. The number of ether oxygens (including phenoxy) is 1. The summed E-state index contributed by atoms with van der Waals surface area (Å²) >= 11 is 6.09. The van der Waals surface area contributed by atoms with Gasteiger partial charge in [0, 0.05) is 7.05 Å². The molecule has 0 saturated heterocycles. The van der Waals surface area contributed by atoms with Crippen LogP contribution in [0.15, 0.2) is 42.5 Å². The Morgan fingerprint density at radius 2 is 1.90 bits per heavy atom. The fraction of sp³-hybridized carbons (Fsp3) is 0.133. The summed E-state index contributed by atoms with van der Waals surface area (Å²) in [5, 5.41) is 0.263. The Balaban J connectivity index is 2.40. The number of anilines is 2. The van der Waals surface area contributed by atoms with Gasteiger partial charge in [-0.25, -0.2) is 0 Å². The summed E-state index contributed by atoms with van der Waals surface area (Å²) in [6, 6.07) is 12.3. The highest BCUT2D eigenvalue weighted by molar-refractivity contribution is 6.36. The van der Waals surface area contributed by atoms with Crippen LogP contribution in [0.3, 0.4) is 0 Å². The number of nitrogen functional groups attached to an aromatic ring is 1. The Morgan fingerprint density at radius 1 is 1.20 bits per heavy atom. The lowest BCUT2D eigenvalue weighted by molar-refractivity contribution is 0.0992. The predicted molar refractivity (Wildman–Crippen MR) is 81.6 cm³/mol. The number of methoxy groups -OCH3 is 1. The Bertz CT molecular complexity index is 644. The van der Waals surface area contributed by atoms with E-state index in [0.717, 1.165) is 0 Å². The first-order chi connectivity index (χ1) is 9.56. The summed E-state index contributed by atoms with van der Waals surface area (Å²) in [6.45, 7) is 0. The Morgan fingerprint density at radius 3 is 2.60 bits per heavy atom. The number of hydrogen-bond acceptors (Lipinski definition) is 3. The number of para-hydroxylation sites is 2. The molecule has 0 aliphatic rings. The second-order valence-electron chi connectivity index (χ2n) is 4.24. The van der Waals surface area contributed by atoms with Crippen LogP contribution in [0.5, 0.6) is 5.75 Å². The molecule has 104 valence electrons. The van der Waals surface area contributed by atoms with Crippen LogP contribution in [0.2, 0.25) is 5.02 Å². The van der Waals surface area contributed by atoms with Crippen LogP contribution in [-0.2, 0) is 0 Å². The van der Waals surface area contributed by atoms with Gasteiger partial charge in [-0.2, -0.15) is 0 Å². The molecule has 4 nitrogen and oxygen atoms in total. The summed E-state index contributed by atoms with van der Waals surface area (Å²) in [4.78, 5) is 14.0. The van der Waals surface area contributed by atoms with Crippen LogP contribution in [-0.4, -0.2) is 20.1 Å². The molecule has 0 fully saturated rings. The summed E-state index contributed by atoms with van der Waals surface area (Å²) in [5.41, 5.74) is 7.13. The molecule has 2 N–H and O–H groups in total. The fourth-order valence-corrected chi connectivity index (χ4v) is 2.12. The van der Waals surface area contributed by atoms with Gasteiger partial charge >= 0.3 is 0 Å². The number of carbonyl (C=O) groups is 1. The molecule has 0 aliphatic heterocycles. The van der Waals surface area contributed by atoms with E-state index in [0.29, 0.717) is 22.7 Å². The van der Waals surface area contributed by atoms with Gasteiger partial charge in [0.25, 0.3) is 5.91 Å². The first kappa shape index (κ1) is 14.2. The molecule has 0 bridgehead atoms. The Kier molecular flexibility index (Phi) is 4.15. The van der Waals surface area contributed by atoms with Crippen LogP contribution in [0.25, 0.3) is 0 Å². The van der Waals surface area contributed by atoms with Crippen molar-refractivity contribution >= 4 is 28.9 Å². The molecular formula is C15H15ClN2O2. The molecule has 20 heavy (non-hydrogen) atoms. The standard InChI is InChI=1S/C15H15ClN2O2/c1-18(12-8-3-4-9-13(12)20-2)15(19)10-6-5-7-11(17)14(10)16/h3-9H,17H2,1-2H3. The van der Waals surface area contributed by atoms with Gasteiger partial charge in [0.1, 0.15) is 5.75 Å². The van der Waals surface area contributed by atoms with Gasteiger partial charge in [0.05, 0.1) is 29.1 Å². The molecular weight excluding hydrogens is 276 g/mol. The minimum Gasteiger partial charge on any atom is -0.495 e. The van der Waals surface area contributed by atoms with Crippen molar-refractivity contribution in [1.29, 1.82) is 0 Å². The average molecular weight is 291 g/mol. The molecule has 0 aromatic heterocycles. The second kappa shape index (κ2) is 5.84. The number of hydrogen-bond donors (Lipinski definition) is 1. The van der Waals surface area contributed by atoms with Crippen molar-refractivity contribution in [2.75, 3.05) is 24.8 Å². The van der Waals surface area contributed by atoms with E-state index >= 15 is 0 Å². The van der Waals surface area contributed by atoms with Crippen molar-refractivity contribution in [2.45, 2.75) is 0 Å². The van der Waals surface area contributed by atoms with E-state index in [1.165, 1.54) is 4.90 Å². The van der Waals surface area contributed by atoms with Crippen molar-refractivity contribution in [3.8, 4) is 5.75 Å². The monoisotopic (exact) mass is 290 g/mol. The first-order valence-electron chi connectivity index (χ1n) is 6.01. The lowest BCUT2D eigenvalue weighted by atomic mass is 10.1. The summed E-state index contributed by atoms with van der Waals surface area (Å²) in [6.07, 6.45) is 0. The lowest BCUT2D eigenvalue weighted by Crippen LogP contribution is -2.27. The fourth-order valence-electron chi connectivity index (χ4n) is 1.91. The van der Waals surface area contributed by atoms with Crippen LogP contribution >= 0.6 is 11.6 Å². The number of nitrogens with zero attached hydrogens (tertiary/aromatic N) is 1. The number of amides is 1. The topological polar surface area (TPSA) is 55.6 Å². The van der Waals surface area contributed by atoms with Crippen molar-refractivity contribution < 1.29 is 9.53 Å². The van der Waals surface area contributed by atoms with Crippen molar-refractivity contribution in [2.24, 2.45) is 0 Å². The zero-order valence-corrected chi connectivity index (χ0v) is 12.0. The quantitative estimate of drug-likeness (QED) is 0.883. The zero-order valence-electron chi connectivity index (χ0n) is 11.3. The molecule has 0 aliphatic carbocycles. The number of nitrogens with two attached hydrogens (primary N) is 1. The smallest absolute Gasteiger partial charge is 0.259 e. The van der Waals surface area contributed by atoms with Crippen LogP contribution in [0.1, 0.15) is 10.4 Å². The highest BCUT2D eigenvalue weighted by Gasteiger charge is 2.19. The molecule has 5 heteroatoms. The molecule has 2 rings (SSSR count). The Hall–Kier alpha value is -2.20. The number of halogens is 1. The van der Waals surface area contributed by atoms with Gasteiger partial charge in [-0.05, 0) is 24.3 Å². The largest absolute Gasteiger partial charge is 0.495 e. The molecule has 0 heterocycles. The van der Waals surface area contributed by atoms with Gasteiger partial charge < -0.3 is 15.4 Å². The average Bonchev–Trinajstić information content (AvgIpc) is 2.48. The molecule has 0 spiro atoms. The summed E-state index contributed by atoms with van der Waals surface area (Å²) in [5.74, 6) is 0.371. The zero-order chi connectivity index (χ0) is 14.7. The van der Waals surface area contributed by atoms with Crippen molar-refractivity contribution in [3.05, 3.63) is 53.1 Å². The van der Waals surface area contributed by atoms with E-state index in [2.05, 4.69) is 0 Å². The van der Waals surface area contributed by atoms with Gasteiger partial charge in [-0.3, -0.25) is 4.79 Å². The number of carbonyl (C=O) groups excluding carboxylic acids is 1. The van der Waals surface area contributed by atoms with Gasteiger partial charge in [0.15, 0.2) is 0 Å². The van der Waals surface area contributed by atoms with E-state index in [4.69, 9.17) is 22.1 Å². The third-order valence-electron chi connectivity index (χ3n) is 3.01. The molecule has 0 atom stereocenters.